The van der Waals surface area contributed by atoms with Crippen molar-refractivity contribution in [2.24, 2.45) is 0 Å². The van der Waals surface area contributed by atoms with E-state index in [1.807, 2.05) is 29.2 Å². The van der Waals surface area contributed by atoms with Gasteiger partial charge in [-0.3, -0.25) is 19.7 Å². The zero-order valence-corrected chi connectivity index (χ0v) is 15.1. The monoisotopic (exact) mass is 367 g/mol. The van der Waals surface area contributed by atoms with Gasteiger partial charge in [0.05, 0.1) is 11.3 Å². The van der Waals surface area contributed by atoms with E-state index in [2.05, 4.69) is 4.90 Å². The molecule has 0 bridgehead atoms. The summed E-state index contributed by atoms with van der Waals surface area (Å²) in [6, 6.07) is 13.6. The molecule has 0 aromatic heterocycles. The number of nitro groups is 1. The third-order valence-corrected chi connectivity index (χ3v) is 4.77. The molecular weight excluding hydrogens is 346 g/mol. The Bertz CT molecular complexity index is 839. The zero-order valence-electron chi connectivity index (χ0n) is 15.1. The molecule has 0 atom stereocenters. The molecule has 7 nitrogen and oxygen atoms in total. The molecule has 0 aliphatic carbocycles. The molecule has 0 spiro atoms. The molecule has 1 aliphatic heterocycles. The molecule has 0 saturated carbocycles. The van der Waals surface area contributed by atoms with E-state index in [-0.39, 0.29) is 23.8 Å². The van der Waals surface area contributed by atoms with Crippen molar-refractivity contribution in [2.45, 2.75) is 13.3 Å². The van der Waals surface area contributed by atoms with E-state index in [1.165, 1.54) is 12.1 Å². The lowest BCUT2D eigenvalue weighted by atomic mass is 10.1. The summed E-state index contributed by atoms with van der Waals surface area (Å²) in [5.41, 5.74) is 2.53. The number of non-ortho nitro benzene ring substituents is 1. The van der Waals surface area contributed by atoms with Gasteiger partial charge in [-0.25, -0.2) is 0 Å². The van der Waals surface area contributed by atoms with Crippen LogP contribution in [-0.4, -0.2) is 47.7 Å². The lowest BCUT2D eigenvalue weighted by Crippen LogP contribution is -2.49. The number of benzene rings is 2. The minimum Gasteiger partial charge on any atom is -0.368 e. The number of anilines is 1. The van der Waals surface area contributed by atoms with Gasteiger partial charge in [0, 0.05) is 49.6 Å². The number of rotatable bonds is 5. The number of Topliss-reactive ketones (excluding diaryl/α,β-unsaturated/α-hetero) is 1. The van der Waals surface area contributed by atoms with Crippen LogP contribution in [0, 0.1) is 10.1 Å². The molecule has 7 heteroatoms. The standard InChI is InChI=1S/C20H21N3O4/c1-15(24)17-4-8-18(9-5-17)21-10-12-22(13-11-21)20(25)14-16-2-6-19(7-3-16)23(26)27/h2-9H,10-14H2,1H3. The number of hydrogen-bond donors (Lipinski definition) is 0. The van der Waals surface area contributed by atoms with Crippen molar-refractivity contribution < 1.29 is 14.5 Å². The van der Waals surface area contributed by atoms with Gasteiger partial charge in [-0.15, -0.1) is 0 Å². The first kappa shape index (κ1) is 18.6. The Morgan fingerprint density at radius 2 is 1.56 bits per heavy atom. The highest BCUT2D eigenvalue weighted by Crippen LogP contribution is 2.18. The Morgan fingerprint density at radius 1 is 0.963 bits per heavy atom. The largest absolute Gasteiger partial charge is 0.368 e. The third kappa shape index (κ3) is 4.49. The van der Waals surface area contributed by atoms with Gasteiger partial charge in [0.2, 0.25) is 5.91 Å². The van der Waals surface area contributed by atoms with E-state index in [1.54, 1.807) is 19.1 Å². The van der Waals surface area contributed by atoms with E-state index >= 15 is 0 Å². The highest BCUT2D eigenvalue weighted by atomic mass is 16.6. The van der Waals surface area contributed by atoms with E-state index in [0.717, 1.165) is 24.3 Å². The Balaban J connectivity index is 1.54. The lowest BCUT2D eigenvalue weighted by Gasteiger charge is -2.36. The molecule has 3 rings (SSSR count). The molecule has 1 aliphatic rings. The summed E-state index contributed by atoms with van der Waals surface area (Å²) < 4.78 is 0. The maximum atomic E-state index is 12.5. The van der Waals surface area contributed by atoms with E-state index < -0.39 is 4.92 Å². The Labute approximate surface area is 157 Å². The maximum Gasteiger partial charge on any atom is 0.269 e. The van der Waals surface area contributed by atoms with Crippen molar-refractivity contribution in [3.05, 3.63) is 69.8 Å². The average molecular weight is 367 g/mol. The minimum absolute atomic E-state index is 0.0235. The van der Waals surface area contributed by atoms with Gasteiger partial charge < -0.3 is 9.80 Å². The number of nitro benzene ring substituents is 1. The molecule has 1 saturated heterocycles. The Hall–Kier alpha value is -3.22. The van der Waals surface area contributed by atoms with Crippen LogP contribution in [0.2, 0.25) is 0 Å². The summed E-state index contributed by atoms with van der Waals surface area (Å²) in [6.45, 7) is 4.25. The minimum atomic E-state index is -0.451. The van der Waals surface area contributed by atoms with E-state index in [9.17, 15) is 19.7 Å². The van der Waals surface area contributed by atoms with Crippen LogP contribution in [0.4, 0.5) is 11.4 Å². The van der Waals surface area contributed by atoms with Gasteiger partial charge >= 0.3 is 0 Å². The Kier molecular flexibility index (Phi) is 5.49. The molecular formula is C20H21N3O4. The van der Waals surface area contributed by atoms with Crippen molar-refractivity contribution in [2.75, 3.05) is 31.1 Å². The first-order valence-electron chi connectivity index (χ1n) is 8.81. The van der Waals surface area contributed by atoms with Crippen LogP contribution in [0.15, 0.2) is 48.5 Å². The first-order valence-corrected chi connectivity index (χ1v) is 8.81. The summed E-state index contributed by atoms with van der Waals surface area (Å²) in [5, 5.41) is 10.7. The topological polar surface area (TPSA) is 83.8 Å². The summed E-state index contributed by atoms with van der Waals surface area (Å²) >= 11 is 0. The number of hydrogen-bond acceptors (Lipinski definition) is 5. The van der Waals surface area contributed by atoms with Gasteiger partial charge in [0.25, 0.3) is 5.69 Å². The maximum absolute atomic E-state index is 12.5. The van der Waals surface area contributed by atoms with E-state index in [4.69, 9.17) is 0 Å². The first-order chi connectivity index (χ1) is 12.9. The van der Waals surface area contributed by atoms with Crippen molar-refractivity contribution in [3.63, 3.8) is 0 Å². The second-order valence-electron chi connectivity index (χ2n) is 6.57. The highest BCUT2D eigenvalue weighted by Gasteiger charge is 2.21. The highest BCUT2D eigenvalue weighted by molar-refractivity contribution is 5.94. The second-order valence-corrected chi connectivity index (χ2v) is 6.57. The molecule has 2 aromatic carbocycles. The summed E-state index contributed by atoms with van der Waals surface area (Å²) in [4.78, 5) is 38.1. The predicted octanol–water partition coefficient (Wildman–Crippen LogP) is 2.69. The van der Waals surface area contributed by atoms with Crippen LogP contribution < -0.4 is 4.90 Å². The number of amides is 1. The fourth-order valence-corrected chi connectivity index (χ4v) is 3.14. The zero-order chi connectivity index (χ0) is 19.4. The number of piperazine rings is 1. The smallest absolute Gasteiger partial charge is 0.269 e. The molecule has 2 aromatic rings. The van der Waals surface area contributed by atoms with Crippen molar-refractivity contribution in [1.29, 1.82) is 0 Å². The van der Waals surface area contributed by atoms with Crippen LogP contribution in [0.3, 0.4) is 0 Å². The van der Waals surface area contributed by atoms with Crippen LogP contribution >= 0.6 is 0 Å². The van der Waals surface area contributed by atoms with Crippen molar-refractivity contribution >= 4 is 23.1 Å². The van der Waals surface area contributed by atoms with Crippen LogP contribution in [0.5, 0.6) is 0 Å². The third-order valence-electron chi connectivity index (χ3n) is 4.77. The molecule has 1 fully saturated rings. The fourth-order valence-electron chi connectivity index (χ4n) is 3.14. The summed E-state index contributed by atoms with van der Waals surface area (Å²) in [6.07, 6.45) is 0.241. The van der Waals surface area contributed by atoms with E-state index in [0.29, 0.717) is 18.7 Å². The second kappa shape index (κ2) is 7.99. The Morgan fingerprint density at radius 3 is 2.07 bits per heavy atom. The molecule has 0 unspecified atom stereocenters. The molecule has 0 radical (unpaired) electrons. The van der Waals surface area contributed by atoms with Crippen LogP contribution in [-0.2, 0) is 11.2 Å². The molecule has 1 heterocycles. The fraction of sp³-hybridized carbons (Fsp3) is 0.300. The van der Waals surface area contributed by atoms with Gasteiger partial charge in [0.15, 0.2) is 5.78 Å². The van der Waals surface area contributed by atoms with Gasteiger partial charge in [-0.2, -0.15) is 0 Å². The lowest BCUT2D eigenvalue weighted by molar-refractivity contribution is -0.384. The van der Waals surface area contributed by atoms with Gasteiger partial charge in [-0.1, -0.05) is 12.1 Å². The normalized spacial score (nSPS) is 14.1. The quantitative estimate of drug-likeness (QED) is 0.461. The number of carbonyl (C=O) groups excluding carboxylic acids is 2. The number of nitrogens with zero attached hydrogens (tertiary/aromatic N) is 3. The number of carbonyl (C=O) groups is 2. The molecule has 140 valence electrons. The van der Waals surface area contributed by atoms with Gasteiger partial charge in [-0.05, 0) is 36.8 Å². The van der Waals surface area contributed by atoms with Crippen LogP contribution in [0.25, 0.3) is 0 Å². The van der Waals surface area contributed by atoms with Gasteiger partial charge in [0.1, 0.15) is 0 Å². The van der Waals surface area contributed by atoms with Crippen molar-refractivity contribution in [1.82, 2.24) is 4.90 Å². The van der Waals surface area contributed by atoms with Crippen molar-refractivity contribution in [3.8, 4) is 0 Å². The van der Waals surface area contributed by atoms with Crippen LogP contribution in [0.1, 0.15) is 22.8 Å². The SMILES string of the molecule is CC(=O)c1ccc(N2CCN(C(=O)Cc3ccc([N+](=O)[O-])cc3)CC2)cc1. The average Bonchev–Trinajstić information content (AvgIpc) is 2.68. The summed E-state index contributed by atoms with van der Waals surface area (Å²) in [7, 11) is 0. The molecule has 0 N–H and O–H groups in total. The molecule has 1 amide bonds. The summed E-state index contributed by atoms with van der Waals surface area (Å²) in [5.74, 6) is 0.0682. The molecule has 27 heavy (non-hydrogen) atoms. The predicted molar refractivity (Wildman–Crippen MR) is 102 cm³/mol. The number of ketones is 1.